The first kappa shape index (κ1) is 44.7. The van der Waals surface area contributed by atoms with Gasteiger partial charge in [0, 0.05) is 66.9 Å². The van der Waals surface area contributed by atoms with E-state index in [0.717, 1.165) is 5.69 Å². The van der Waals surface area contributed by atoms with Gasteiger partial charge >= 0.3 is 5.63 Å². The molecule has 3 aliphatic rings. The van der Waals surface area contributed by atoms with Crippen LogP contribution in [-0.2, 0) is 20.7 Å². The number of ether oxygens (including phenoxy) is 2. The van der Waals surface area contributed by atoms with Gasteiger partial charge in [0.1, 0.15) is 22.0 Å². The van der Waals surface area contributed by atoms with Gasteiger partial charge in [0.05, 0.1) is 28.6 Å². The Bertz CT molecular complexity index is 2270. The molecule has 1 saturated carbocycles. The van der Waals surface area contributed by atoms with E-state index in [4.69, 9.17) is 48.7 Å². The second-order valence-electron chi connectivity index (χ2n) is 17.7. The first-order valence-electron chi connectivity index (χ1n) is 19.6. The number of carbonyl (C=O) groups excluding carboxylic acids is 4. The van der Waals surface area contributed by atoms with Crippen LogP contribution in [0.3, 0.4) is 0 Å². The summed E-state index contributed by atoms with van der Waals surface area (Å²) in [6.07, 6.45) is 0.452. The number of benzene rings is 2. The number of phenolic OH excluding ortho intramolecular Hbond substituents is 1. The maximum absolute atomic E-state index is 15.1. The third-order valence-electron chi connectivity index (χ3n) is 12.7. The molecular formula is C43H52Cl3N3O10. The average molecular weight is 877 g/mol. The number of rotatable bonds is 11. The number of ketones is 2. The van der Waals surface area contributed by atoms with Crippen LogP contribution < -0.4 is 25.9 Å². The quantitative estimate of drug-likeness (QED) is 0.104. The fraction of sp³-hybridized carbons (Fsp3) is 0.558. The van der Waals surface area contributed by atoms with Crippen molar-refractivity contribution in [3.63, 3.8) is 0 Å². The Kier molecular flexibility index (Phi) is 12.0. The van der Waals surface area contributed by atoms with Gasteiger partial charge < -0.3 is 39.6 Å². The smallest absolute Gasteiger partial charge is 0.336 e. The third kappa shape index (κ3) is 7.93. The first-order chi connectivity index (χ1) is 27.4. The van der Waals surface area contributed by atoms with E-state index in [2.05, 4.69) is 10.6 Å². The number of amides is 2. The van der Waals surface area contributed by atoms with E-state index in [1.807, 2.05) is 38.9 Å². The first-order valence-corrected chi connectivity index (χ1v) is 20.9. The van der Waals surface area contributed by atoms with Gasteiger partial charge in [-0.3, -0.25) is 19.2 Å². The highest BCUT2D eigenvalue weighted by Gasteiger charge is 2.72. The van der Waals surface area contributed by atoms with Gasteiger partial charge in [0.25, 0.3) is 5.91 Å². The molecule has 2 heterocycles. The minimum Gasteiger partial charge on any atom is -0.507 e. The number of hydrogen-bond donors (Lipinski definition) is 4. The van der Waals surface area contributed by atoms with Crippen molar-refractivity contribution in [1.82, 2.24) is 10.6 Å². The molecule has 0 unspecified atom stereocenters. The molecule has 3 aromatic rings. The lowest BCUT2D eigenvalue weighted by Gasteiger charge is -2.60. The van der Waals surface area contributed by atoms with Crippen LogP contribution >= 0.6 is 34.8 Å². The minimum atomic E-state index is -2.05. The highest BCUT2D eigenvalue weighted by molar-refractivity contribution is 6.45. The van der Waals surface area contributed by atoms with Gasteiger partial charge in [-0.2, -0.15) is 0 Å². The zero-order chi connectivity index (χ0) is 43.6. The minimum absolute atomic E-state index is 0.0311. The van der Waals surface area contributed by atoms with Crippen LogP contribution in [0.15, 0.2) is 39.5 Å². The van der Waals surface area contributed by atoms with Crippen molar-refractivity contribution < 1.29 is 43.3 Å². The summed E-state index contributed by atoms with van der Waals surface area (Å²) < 4.78 is 17.8. The Labute approximate surface area is 358 Å². The van der Waals surface area contributed by atoms with Gasteiger partial charge in [-0.1, -0.05) is 13.8 Å². The number of nitrogens with one attached hydrogen (secondary N) is 2. The molecule has 4 N–H and O–H groups in total. The summed E-state index contributed by atoms with van der Waals surface area (Å²) in [4.78, 5) is 67.5. The monoisotopic (exact) mass is 875 g/mol. The van der Waals surface area contributed by atoms with E-state index in [9.17, 15) is 29.4 Å². The van der Waals surface area contributed by atoms with Crippen molar-refractivity contribution >= 4 is 74.8 Å². The highest BCUT2D eigenvalue weighted by Crippen LogP contribution is 2.61. The predicted molar refractivity (Wildman–Crippen MR) is 226 cm³/mol. The highest BCUT2D eigenvalue weighted by atomic mass is 35.5. The standard InChI is InChI=1S/C43H52Cl3N3O10/c1-22-27(57-21-33(51)48-14-13-47-32(50)15-23-16-34(52)58-28-17-24(49(7)8)9-10-25(23)28)18-26-35(36(22)53)38(55)42(46)20-31(45)40(4,5)59-43(42,37(26)54)19-29-39(2,3)30(44)11-12-41(29,6)56/h9-10,16-18,29-31,53,56H,11-15,19-21H2,1-8H3,(H,47,50)(H,48,51)/t29-,30-,31+,41-,42-,43-/m0/s1. The number of carbonyl (C=O) groups is 4. The van der Waals surface area contributed by atoms with Crippen LogP contribution in [0, 0.1) is 18.3 Å². The molecule has 320 valence electrons. The number of anilines is 1. The van der Waals surface area contributed by atoms with Crippen molar-refractivity contribution in [2.24, 2.45) is 11.3 Å². The summed E-state index contributed by atoms with van der Waals surface area (Å²) in [5.74, 6) is -3.61. The summed E-state index contributed by atoms with van der Waals surface area (Å²) in [6, 6.07) is 7.96. The summed E-state index contributed by atoms with van der Waals surface area (Å²) in [7, 11) is 3.72. The normalized spacial score (nSPS) is 28.4. The van der Waals surface area contributed by atoms with Gasteiger partial charge in [0.2, 0.25) is 5.91 Å². The predicted octanol–water partition coefficient (Wildman–Crippen LogP) is 5.81. The number of Topliss-reactive ketones (excluding diaryl/α,β-unsaturated/α-hetero) is 2. The van der Waals surface area contributed by atoms with Gasteiger partial charge in [-0.05, 0) is 88.5 Å². The van der Waals surface area contributed by atoms with Crippen LogP contribution in [0.25, 0.3) is 11.0 Å². The van der Waals surface area contributed by atoms with Crippen LogP contribution in [0.5, 0.6) is 11.5 Å². The van der Waals surface area contributed by atoms with Crippen molar-refractivity contribution in [3.8, 4) is 11.5 Å². The van der Waals surface area contributed by atoms with Crippen molar-refractivity contribution in [1.29, 1.82) is 0 Å². The zero-order valence-corrected chi connectivity index (χ0v) is 36.8. The molecule has 2 fully saturated rings. The second-order valence-corrected chi connectivity index (χ2v) is 19.4. The van der Waals surface area contributed by atoms with Gasteiger partial charge in [-0.15, -0.1) is 34.8 Å². The maximum atomic E-state index is 15.1. The molecule has 0 bridgehead atoms. The zero-order valence-electron chi connectivity index (χ0n) is 34.5. The summed E-state index contributed by atoms with van der Waals surface area (Å²) in [6.45, 7) is 9.98. The average Bonchev–Trinajstić information content (AvgIpc) is 3.14. The van der Waals surface area contributed by atoms with E-state index in [0.29, 0.717) is 29.4 Å². The fourth-order valence-electron chi connectivity index (χ4n) is 9.00. The van der Waals surface area contributed by atoms with E-state index < -0.39 is 73.8 Å². The number of nitrogens with zero attached hydrogens (tertiary/aromatic N) is 1. The van der Waals surface area contributed by atoms with Crippen LogP contribution in [0.1, 0.15) is 92.1 Å². The molecule has 0 radical (unpaired) electrons. The van der Waals surface area contributed by atoms with Crippen LogP contribution in [0.2, 0.25) is 0 Å². The SMILES string of the molecule is Cc1c(OCC(=O)NCCNC(=O)Cc2cc(=O)oc3cc(N(C)C)ccc23)cc2c(c1O)C(=O)[C@@]1(Cl)C[C@@H](Cl)C(C)(C)O[C@@]1(C[C@H]1C(C)(C)[C@@H](Cl)CC[C@]1(C)O)C2=O. The maximum Gasteiger partial charge on any atom is 0.336 e. The molecule has 2 amide bonds. The number of aliphatic hydroxyl groups is 1. The number of hydrogen-bond acceptors (Lipinski definition) is 11. The molecule has 0 spiro atoms. The molecule has 1 aromatic heterocycles. The molecule has 6 atom stereocenters. The molecule has 2 aromatic carbocycles. The Morgan fingerprint density at radius 2 is 1.63 bits per heavy atom. The fourth-order valence-corrected chi connectivity index (χ4v) is 10.1. The molecule has 6 rings (SSSR count). The molecule has 1 aliphatic heterocycles. The van der Waals surface area contributed by atoms with Crippen LogP contribution in [-0.4, -0.2) is 99.8 Å². The van der Waals surface area contributed by atoms with Crippen molar-refractivity contribution in [3.05, 3.63) is 63.0 Å². The van der Waals surface area contributed by atoms with E-state index in [1.54, 1.807) is 32.9 Å². The molecule has 2 aliphatic carbocycles. The van der Waals surface area contributed by atoms with E-state index in [-0.39, 0.29) is 66.1 Å². The number of aromatic hydroxyl groups is 1. The van der Waals surface area contributed by atoms with Gasteiger partial charge in [0.15, 0.2) is 23.8 Å². The van der Waals surface area contributed by atoms with Crippen LogP contribution in [0.4, 0.5) is 5.69 Å². The summed E-state index contributed by atoms with van der Waals surface area (Å²) in [5, 5.41) is 28.1. The second kappa shape index (κ2) is 15.9. The van der Waals surface area contributed by atoms with Crippen molar-refractivity contribution in [2.75, 3.05) is 38.7 Å². The summed E-state index contributed by atoms with van der Waals surface area (Å²) in [5.41, 5.74) is -4.50. The largest absolute Gasteiger partial charge is 0.507 e. The van der Waals surface area contributed by atoms with E-state index in [1.165, 1.54) is 19.1 Å². The van der Waals surface area contributed by atoms with Crippen molar-refractivity contribution in [2.45, 2.75) is 106 Å². The molecule has 1 saturated heterocycles. The lowest BCUT2D eigenvalue weighted by molar-refractivity contribution is -0.189. The number of fused-ring (bicyclic) bond motifs is 3. The molecule has 16 heteroatoms. The molecule has 59 heavy (non-hydrogen) atoms. The Morgan fingerprint density at radius 3 is 2.29 bits per heavy atom. The lowest BCUT2D eigenvalue weighted by Crippen LogP contribution is -2.74. The van der Waals surface area contributed by atoms with E-state index >= 15 is 4.79 Å². The molecule has 13 nitrogen and oxygen atoms in total. The summed E-state index contributed by atoms with van der Waals surface area (Å²) >= 11 is 21.0. The Hall–Kier alpha value is -3.88. The number of alkyl halides is 3. The topological polar surface area (TPSA) is 185 Å². The Morgan fingerprint density at radius 1 is 0.966 bits per heavy atom. The number of halogens is 3. The van der Waals surface area contributed by atoms with Gasteiger partial charge in [-0.25, -0.2) is 4.79 Å². The Balaban J connectivity index is 1.17. The third-order valence-corrected chi connectivity index (χ3v) is 14.7. The number of phenols is 1. The lowest BCUT2D eigenvalue weighted by atomic mass is 9.54. The molecular weight excluding hydrogens is 825 g/mol.